The Labute approximate surface area is 236 Å². The molecular formula is C29H27N5O3S2. The van der Waals surface area contributed by atoms with E-state index in [-0.39, 0.29) is 28.8 Å². The van der Waals surface area contributed by atoms with E-state index >= 15 is 0 Å². The smallest absolute Gasteiger partial charge is 0.269 e. The minimum atomic E-state index is -0.387. The molecule has 0 bridgehead atoms. The maximum Gasteiger partial charge on any atom is 0.269 e. The van der Waals surface area contributed by atoms with Gasteiger partial charge in [-0.25, -0.2) is 0 Å². The first-order chi connectivity index (χ1) is 19.1. The van der Waals surface area contributed by atoms with Gasteiger partial charge in [-0.2, -0.15) is 0 Å². The minimum Gasteiger partial charge on any atom is -0.376 e. The lowest BCUT2D eigenvalue weighted by atomic mass is 10.0. The molecule has 2 saturated heterocycles. The highest BCUT2D eigenvalue weighted by atomic mass is 32.2. The van der Waals surface area contributed by atoms with Gasteiger partial charge in [-0.15, -0.1) is 0 Å². The number of ether oxygens (including phenoxy) is 1. The minimum absolute atomic E-state index is 0.0856. The Morgan fingerprint density at radius 3 is 2.49 bits per heavy atom. The van der Waals surface area contributed by atoms with E-state index in [0.29, 0.717) is 5.11 Å². The molecule has 6 rings (SSSR count). The summed E-state index contributed by atoms with van der Waals surface area (Å²) in [6.07, 6.45) is 6.32. The van der Waals surface area contributed by atoms with Crippen molar-refractivity contribution in [1.29, 1.82) is 0 Å². The summed E-state index contributed by atoms with van der Waals surface area (Å²) in [4.78, 5) is 19.4. The summed E-state index contributed by atoms with van der Waals surface area (Å²) < 4.78 is 8.23. The van der Waals surface area contributed by atoms with Crippen molar-refractivity contribution in [2.75, 3.05) is 11.5 Å². The largest absolute Gasteiger partial charge is 0.376 e. The molecule has 0 aliphatic carbocycles. The van der Waals surface area contributed by atoms with Gasteiger partial charge in [0.05, 0.1) is 22.8 Å². The van der Waals surface area contributed by atoms with Crippen molar-refractivity contribution in [3.63, 3.8) is 0 Å². The molecule has 4 heterocycles. The second-order valence-corrected chi connectivity index (χ2v) is 11.1. The number of non-ortho nitro benzene ring substituents is 1. The number of pyridine rings is 1. The SMILES string of the molecule is O=[N+]([O-])c1ccc(Sc2ccc(N3C(=S)N[C@@H](c4ccccn4)[C@@H]3c3cccn3C[C@@H]3CCCO3)cc2)cc1. The van der Waals surface area contributed by atoms with Crippen LogP contribution in [0.4, 0.5) is 11.4 Å². The second-order valence-electron chi connectivity index (χ2n) is 9.56. The second kappa shape index (κ2) is 11.2. The van der Waals surface area contributed by atoms with Gasteiger partial charge in [0.1, 0.15) is 6.04 Å². The van der Waals surface area contributed by atoms with Crippen LogP contribution in [0.5, 0.6) is 0 Å². The molecule has 198 valence electrons. The van der Waals surface area contributed by atoms with Crippen molar-refractivity contribution in [2.45, 2.75) is 47.4 Å². The van der Waals surface area contributed by atoms with E-state index in [1.807, 2.05) is 24.4 Å². The number of hydrogen-bond acceptors (Lipinski definition) is 6. The summed E-state index contributed by atoms with van der Waals surface area (Å²) in [6, 6.07) is 24.8. The van der Waals surface area contributed by atoms with Gasteiger partial charge in [-0.1, -0.05) is 17.8 Å². The number of rotatable bonds is 8. The molecule has 1 N–H and O–H groups in total. The van der Waals surface area contributed by atoms with Gasteiger partial charge in [0.2, 0.25) is 0 Å². The highest BCUT2D eigenvalue weighted by Gasteiger charge is 2.42. The van der Waals surface area contributed by atoms with Crippen molar-refractivity contribution in [3.05, 3.63) is 113 Å². The van der Waals surface area contributed by atoms with Crippen molar-refractivity contribution < 1.29 is 9.66 Å². The third-order valence-electron chi connectivity index (χ3n) is 7.09. The molecule has 2 aliphatic rings. The number of benzene rings is 2. The van der Waals surface area contributed by atoms with E-state index < -0.39 is 0 Å². The predicted molar refractivity (Wildman–Crippen MR) is 155 cm³/mol. The van der Waals surface area contributed by atoms with E-state index in [1.54, 1.807) is 23.9 Å². The molecule has 0 amide bonds. The molecule has 4 aromatic rings. The third kappa shape index (κ3) is 5.40. The molecule has 10 heteroatoms. The van der Waals surface area contributed by atoms with Gasteiger partial charge >= 0.3 is 0 Å². The van der Waals surface area contributed by atoms with Crippen LogP contribution in [0.2, 0.25) is 0 Å². The Bertz CT molecular complexity index is 1450. The van der Waals surface area contributed by atoms with Crippen LogP contribution in [0.15, 0.2) is 101 Å². The van der Waals surface area contributed by atoms with Crippen LogP contribution >= 0.6 is 24.0 Å². The van der Waals surface area contributed by atoms with E-state index in [1.165, 1.54) is 12.1 Å². The monoisotopic (exact) mass is 557 g/mol. The maximum absolute atomic E-state index is 11.0. The van der Waals surface area contributed by atoms with Crippen LogP contribution in [-0.4, -0.2) is 32.3 Å². The van der Waals surface area contributed by atoms with Gasteiger partial charge in [0.25, 0.3) is 5.69 Å². The van der Waals surface area contributed by atoms with E-state index in [2.05, 4.69) is 62.4 Å². The summed E-state index contributed by atoms with van der Waals surface area (Å²) in [5, 5.41) is 15.1. The van der Waals surface area contributed by atoms with Crippen molar-refractivity contribution >= 4 is 40.5 Å². The van der Waals surface area contributed by atoms with Gasteiger partial charge in [-0.05, 0) is 85.7 Å². The number of hydrogen-bond donors (Lipinski definition) is 1. The summed E-state index contributed by atoms with van der Waals surface area (Å²) >= 11 is 7.46. The Kier molecular flexibility index (Phi) is 7.32. The predicted octanol–water partition coefficient (Wildman–Crippen LogP) is 6.30. The summed E-state index contributed by atoms with van der Waals surface area (Å²) in [5.41, 5.74) is 3.15. The van der Waals surface area contributed by atoms with E-state index in [0.717, 1.165) is 52.9 Å². The highest BCUT2D eigenvalue weighted by Crippen LogP contribution is 2.42. The molecule has 2 aromatic carbocycles. The fourth-order valence-corrected chi connectivity index (χ4v) is 6.41. The Balaban J connectivity index is 1.30. The van der Waals surface area contributed by atoms with Crippen molar-refractivity contribution in [1.82, 2.24) is 14.9 Å². The lowest BCUT2D eigenvalue weighted by Gasteiger charge is -2.29. The van der Waals surface area contributed by atoms with Crippen LogP contribution in [-0.2, 0) is 11.3 Å². The third-order valence-corrected chi connectivity index (χ3v) is 8.42. The first-order valence-corrected chi connectivity index (χ1v) is 14.1. The molecule has 39 heavy (non-hydrogen) atoms. The molecule has 8 nitrogen and oxygen atoms in total. The lowest BCUT2D eigenvalue weighted by Crippen LogP contribution is -2.31. The topological polar surface area (TPSA) is 85.5 Å². The number of nitro groups is 1. The number of thiocarbonyl (C=S) groups is 1. The zero-order chi connectivity index (χ0) is 26.8. The normalized spacial score (nSPS) is 20.8. The Morgan fingerprint density at radius 1 is 1.05 bits per heavy atom. The Morgan fingerprint density at radius 2 is 1.82 bits per heavy atom. The molecule has 0 saturated carbocycles. The number of nitro benzene ring substituents is 1. The maximum atomic E-state index is 11.0. The number of nitrogens with one attached hydrogen (secondary N) is 1. The summed E-state index contributed by atoms with van der Waals surface area (Å²) in [6.45, 7) is 1.63. The van der Waals surface area contributed by atoms with Crippen LogP contribution in [0.25, 0.3) is 0 Å². The number of aromatic nitrogens is 2. The average molecular weight is 558 g/mol. The summed E-state index contributed by atoms with van der Waals surface area (Å²) in [5.74, 6) is 0. The molecule has 2 fully saturated rings. The van der Waals surface area contributed by atoms with Crippen LogP contribution in [0.1, 0.15) is 36.3 Å². The molecule has 0 unspecified atom stereocenters. The zero-order valence-corrected chi connectivity index (χ0v) is 22.7. The quantitative estimate of drug-likeness (QED) is 0.154. The van der Waals surface area contributed by atoms with Crippen molar-refractivity contribution in [2.24, 2.45) is 0 Å². The number of nitrogens with zero attached hydrogens (tertiary/aromatic N) is 4. The van der Waals surface area contributed by atoms with Gasteiger partial charge in [0.15, 0.2) is 5.11 Å². The molecular weight excluding hydrogens is 530 g/mol. The average Bonchev–Trinajstić information content (AvgIpc) is 3.71. The zero-order valence-electron chi connectivity index (χ0n) is 21.1. The van der Waals surface area contributed by atoms with Gasteiger partial charge in [-0.3, -0.25) is 15.1 Å². The molecule has 2 aliphatic heterocycles. The van der Waals surface area contributed by atoms with Gasteiger partial charge < -0.3 is 19.5 Å². The fourth-order valence-electron chi connectivity index (χ4n) is 5.25. The first kappa shape index (κ1) is 25.5. The standard InChI is InChI=1S/C29H27N5O3S2/c35-34(36)21-10-14-24(15-11-21)39-23-12-8-20(9-13-23)33-28(27(31-29(33)38)25-6-1-2-16-30-25)26-7-3-17-32(26)19-22-5-4-18-37-22/h1-3,6-17,22,27-28H,4-5,18-19H2,(H,31,38)/t22-,27-,28-/m0/s1. The molecule has 3 atom stereocenters. The van der Waals surface area contributed by atoms with Crippen LogP contribution < -0.4 is 10.2 Å². The van der Waals surface area contributed by atoms with E-state index in [4.69, 9.17) is 17.0 Å². The van der Waals surface area contributed by atoms with Crippen molar-refractivity contribution in [3.8, 4) is 0 Å². The van der Waals surface area contributed by atoms with Crippen LogP contribution in [0.3, 0.4) is 0 Å². The van der Waals surface area contributed by atoms with Crippen LogP contribution in [0, 0.1) is 10.1 Å². The lowest BCUT2D eigenvalue weighted by molar-refractivity contribution is -0.384. The first-order valence-electron chi connectivity index (χ1n) is 12.9. The Hall–Kier alpha value is -3.73. The van der Waals surface area contributed by atoms with Gasteiger partial charge in [0, 0.05) is 58.9 Å². The number of anilines is 1. The summed E-state index contributed by atoms with van der Waals surface area (Å²) in [7, 11) is 0. The molecule has 2 aromatic heterocycles. The molecule has 0 spiro atoms. The highest BCUT2D eigenvalue weighted by molar-refractivity contribution is 7.99. The molecule has 0 radical (unpaired) electrons. The fraction of sp³-hybridized carbons (Fsp3) is 0.241. The van der Waals surface area contributed by atoms with E-state index in [9.17, 15) is 10.1 Å².